The van der Waals surface area contributed by atoms with Gasteiger partial charge in [0.2, 0.25) is 0 Å². The highest BCUT2D eigenvalue weighted by Crippen LogP contribution is 2.27. The van der Waals surface area contributed by atoms with Gasteiger partial charge in [0.1, 0.15) is 0 Å². The van der Waals surface area contributed by atoms with Gasteiger partial charge >= 0.3 is 0 Å². The number of nitriles is 1. The third-order valence-electron chi connectivity index (χ3n) is 4.76. The molecule has 0 amide bonds. The molecule has 1 aromatic heterocycles. The highest BCUT2D eigenvalue weighted by molar-refractivity contribution is 6.33. The Morgan fingerprint density at radius 2 is 1.59 bits per heavy atom. The van der Waals surface area contributed by atoms with E-state index < -0.39 is 0 Å². The number of benzene rings is 3. The second-order valence-electron chi connectivity index (χ2n) is 6.68. The predicted octanol–water partition coefficient (Wildman–Crippen LogP) is 6.14. The second kappa shape index (κ2) is 9.43. The molecule has 0 saturated carbocycles. The Morgan fingerprint density at radius 1 is 0.897 bits per heavy atom. The largest absolute Gasteiger partial charge is 0.330 e. The van der Waals surface area contributed by atoms with E-state index in [0.717, 1.165) is 40.4 Å². The van der Waals surface area contributed by atoms with Gasteiger partial charge in [-0.3, -0.25) is 0 Å². The molecule has 0 aliphatic carbocycles. The smallest absolute Gasteiger partial charge is 0.0991 e. The zero-order valence-corrected chi connectivity index (χ0v) is 17.2. The standard InChI is InChI=1S/C24H18ClN3.ClH/c25-24-4-2-1-3-23(24)21-11-9-20(10-12-21)16-28-17-27-15-22(28)13-18-5-7-19(14-26)8-6-18;/h1-12,15,17H,13,16H2;1H. The molecule has 0 saturated heterocycles. The Balaban J connectivity index is 0.00000240. The summed E-state index contributed by atoms with van der Waals surface area (Å²) in [6.07, 6.45) is 4.54. The fraction of sp³-hybridized carbons (Fsp3) is 0.0833. The lowest BCUT2D eigenvalue weighted by Crippen LogP contribution is -2.04. The molecule has 0 N–H and O–H groups in total. The third kappa shape index (κ3) is 4.86. The van der Waals surface area contributed by atoms with E-state index in [-0.39, 0.29) is 12.4 Å². The van der Waals surface area contributed by atoms with Crippen molar-refractivity contribution in [1.29, 1.82) is 5.26 Å². The Labute approximate surface area is 181 Å². The van der Waals surface area contributed by atoms with Gasteiger partial charge in [-0.2, -0.15) is 5.26 Å². The number of halogens is 2. The fourth-order valence-electron chi connectivity index (χ4n) is 3.23. The van der Waals surface area contributed by atoms with Gasteiger partial charge < -0.3 is 4.57 Å². The van der Waals surface area contributed by atoms with E-state index in [1.165, 1.54) is 5.56 Å². The summed E-state index contributed by atoms with van der Waals surface area (Å²) < 4.78 is 2.16. The number of hydrogen-bond donors (Lipinski definition) is 0. The van der Waals surface area contributed by atoms with Gasteiger partial charge in [-0.05, 0) is 34.9 Å². The summed E-state index contributed by atoms with van der Waals surface area (Å²) in [7, 11) is 0. The van der Waals surface area contributed by atoms with E-state index in [4.69, 9.17) is 16.9 Å². The molecule has 3 nitrogen and oxygen atoms in total. The van der Waals surface area contributed by atoms with Crippen molar-refractivity contribution >= 4 is 24.0 Å². The maximum atomic E-state index is 8.93. The van der Waals surface area contributed by atoms with Crippen LogP contribution in [0.1, 0.15) is 22.4 Å². The van der Waals surface area contributed by atoms with Gasteiger partial charge in [0.25, 0.3) is 0 Å². The van der Waals surface area contributed by atoms with E-state index in [0.29, 0.717) is 5.56 Å². The summed E-state index contributed by atoms with van der Waals surface area (Å²) in [6, 6.07) is 26.2. The first-order valence-electron chi connectivity index (χ1n) is 9.05. The molecular formula is C24H19Cl2N3. The first-order chi connectivity index (χ1) is 13.7. The van der Waals surface area contributed by atoms with Crippen molar-refractivity contribution in [2.24, 2.45) is 0 Å². The topological polar surface area (TPSA) is 41.6 Å². The molecule has 0 unspecified atom stereocenters. The highest BCUT2D eigenvalue weighted by atomic mass is 35.5. The van der Waals surface area contributed by atoms with Crippen LogP contribution < -0.4 is 0 Å². The van der Waals surface area contributed by atoms with E-state index in [9.17, 15) is 0 Å². The number of aromatic nitrogens is 2. The SMILES string of the molecule is Cl.N#Cc1ccc(Cc2cncn2Cc2ccc(-c3ccccc3Cl)cc2)cc1. The summed E-state index contributed by atoms with van der Waals surface area (Å²) in [5.41, 5.74) is 6.33. The van der Waals surface area contributed by atoms with E-state index in [1.807, 2.05) is 61.1 Å². The molecule has 29 heavy (non-hydrogen) atoms. The van der Waals surface area contributed by atoms with Crippen molar-refractivity contribution < 1.29 is 0 Å². The van der Waals surface area contributed by atoms with E-state index in [2.05, 4.69) is 39.9 Å². The lowest BCUT2D eigenvalue weighted by molar-refractivity contribution is 0.753. The molecule has 1 heterocycles. The lowest BCUT2D eigenvalue weighted by Gasteiger charge is -2.10. The molecule has 4 aromatic rings. The number of nitrogens with zero attached hydrogens (tertiary/aromatic N) is 3. The Kier molecular flexibility index (Phi) is 6.72. The lowest BCUT2D eigenvalue weighted by atomic mass is 10.0. The third-order valence-corrected chi connectivity index (χ3v) is 5.09. The Hall–Kier alpha value is -3.06. The molecule has 0 aliphatic heterocycles. The molecule has 0 bridgehead atoms. The van der Waals surface area contributed by atoms with Gasteiger partial charge in [-0.15, -0.1) is 12.4 Å². The quantitative estimate of drug-likeness (QED) is 0.389. The minimum Gasteiger partial charge on any atom is -0.330 e. The average molecular weight is 420 g/mol. The molecule has 3 aromatic carbocycles. The predicted molar refractivity (Wildman–Crippen MR) is 119 cm³/mol. The van der Waals surface area contributed by atoms with Gasteiger partial charge in [0, 0.05) is 35.4 Å². The minimum atomic E-state index is 0. The van der Waals surface area contributed by atoms with Crippen molar-refractivity contribution in [2.45, 2.75) is 13.0 Å². The van der Waals surface area contributed by atoms with Gasteiger partial charge in [-0.1, -0.05) is 66.2 Å². The number of imidazole rings is 1. The molecule has 0 aliphatic rings. The molecule has 144 valence electrons. The summed E-state index contributed by atoms with van der Waals surface area (Å²) in [6.45, 7) is 0.758. The zero-order chi connectivity index (χ0) is 19.3. The molecule has 0 fully saturated rings. The minimum absolute atomic E-state index is 0. The zero-order valence-electron chi connectivity index (χ0n) is 15.6. The van der Waals surface area contributed by atoms with Crippen LogP contribution in [0.15, 0.2) is 85.3 Å². The van der Waals surface area contributed by atoms with Crippen LogP contribution in [-0.4, -0.2) is 9.55 Å². The van der Waals surface area contributed by atoms with Crippen LogP contribution in [-0.2, 0) is 13.0 Å². The van der Waals surface area contributed by atoms with Gasteiger partial charge in [-0.25, -0.2) is 4.98 Å². The maximum absolute atomic E-state index is 8.93. The van der Waals surface area contributed by atoms with Crippen molar-refractivity contribution in [3.05, 3.63) is 113 Å². The van der Waals surface area contributed by atoms with Crippen molar-refractivity contribution in [3.63, 3.8) is 0 Å². The summed E-state index contributed by atoms with van der Waals surface area (Å²) in [5.74, 6) is 0. The van der Waals surface area contributed by atoms with Crippen molar-refractivity contribution in [3.8, 4) is 17.2 Å². The average Bonchev–Trinajstić information content (AvgIpc) is 3.16. The maximum Gasteiger partial charge on any atom is 0.0991 e. The molecule has 5 heteroatoms. The fourth-order valence-corrected chi connectivity index (χ4v) is 3.47. The van der Waals surface area contributed by atoms with Gasteiger partial charge in [0.05, 0.1) is 18.0 Å². The van der Waals surface area contributed by atoms with E-state index in [1.54, 1.807) is 0 Å². The monoisotopic (exact) mass is 419 g/mol. The first-order valence-corrected chi connectivity index (χ1v) is 9.42. The van der Waals surface area contributed by atoms with E-state index >= 15 is 0 Å². The normalized spacial score (nSPS) is 10.2. The number of rotatable bonds is 5. The first kappa shape index (κ1) is 20.7. The van der Waals surface area contributed by atoms with Crippen LogP contribution in [0.5, 0.6) is 0 Å². The van der Waals surface area contributed by atoms with Crippen LogP contribution in [0.25, 0.3) is 11.1 Å². The van der Waals surface area contributed by atoms with Gasteiger partial charge in [0.15, 0.2) is 0 Å². The Bertz CT molecular complexity index is 1120. The molecule has 4 rings (SSSR count). The highest BCUT2D eigenvalue weighted by Gasteiger charge is 2.06. The van der Waals surface area contributed by atoms with Crippen molar-refractivity contribution in [1.82, 2.24) is 9.55 Å². The summed E-state index contributed by atoms with van der Waals surface area (Å²) in [4.78, 5) is 4.32. The van der Waals surface area contributed by atoms with Crippen molar-refractivity contribution in [2.75, 3.05) is 0 Å². The van der Waals surface area contributed by atoms with Crippen LogP contribution >= 0.6 is 24.0 Å². The summed E-state index contributed by atoms with van der Waals surface area (Å²) >= 11 is 6.30. The molecule has 0 atom stereocenters. The molecule has 0 spiro atoms. The Morgan fingerprint density at radius 3 is 2.28 bits per heavy atom. The second-order valence-corrected chi connectivity index (χ2v) is 7.08. The summed E-state index contributed by atoms with van der Waals surface area (Å²) in [5, 5.41) is 9.69. The molecular weight excluding hydrogens is 401 g/mol. The van der Waals surface area contributed by atoms with Crippen LogP contribution in [0.4, 0.5) is 0 Å². The van der Waals surface area contributed by atoms with Crippen LogP contribution in [0.3, 0.4) is 0 Å². The molecule has 0 radical (unpaired) electrons. The number of hydrogen-bond acceptors (Lipinski definition) is 2. The van der Waals surface area contributed by atoms with Crippen LogP contribution in [0, 0.1) is 11.3 Å². The van der Waals surface area contributed by atoms with Crippen LogP contribution in [0.2, 0.25) is 5.02 Å².